The Bertz CT molecular complexity index is 3410. The number of carbonyl (C=O) groups excluding carboxylic acids is 7. The van der Waals surface area contributed by atoms with Crippen LogP contribution in [0.15, 0.2) is 36.4 Å². The molecule has 3 saturated heterocycles. The molecule has 23 nitrogen and oxygen atoms in total. The van der Waals surface area contributed by atoms with Crippen molar-refractivity contribution in [3.8, 4) is 17.2 Å². The van der Waals surface area contributed by atoms with Gasteiger partial charge in [-0.15, -0.1) is 0 Å². The van der Waals surface area contributed by atoms with E-state index in [0.29, 0.717) is 49.5 Å². The SMILES string of the molecule is CC(=O)N1CC[C@]23c4c5ccc(C)c4O[C@H]2C(=O)CCC3[C@H]1C5.CC(=O)O.CC(=O)O.CC(=O)O.CC(=O)O.CC(=O)OC(C)=O.COC(=O)N1CC[C@]23c4c5ccc(C)c4O[C@H]2C(=O)CCC3[C@H]1C5.Cc1ccc2c3c1O[C@H]1C(=O)CCC4[C@@H](C2)N(C)CC[C@@]341.[Pd].[Pd]. The van der Waals surface area contributed by atoms with E-state index in [2.05, 4.69) is 73.9 Å². The van der Waals surface area contributed by atoms with Gasteiger partial charge in [0.15, 0.2) is 35.7 Å². The Labute approximate surface area is 568 Å². The molecule has 0 radical (unpaired) electrons. The van der Waals surface area contributed by atoms with Crippen molar-refractivity contribution >= 4 is 65.2 Å². The number of aryl methyl sites for hydroxylation is 3. The van der Waals surface area contributed by atoms with E-state index in [1.165, 1.54) is 59.9 Å². The molecule has 6 aliphatic carbocycles. The molecule has 4 N–H and O–H groups in total. The summed E-state index contributed by atoms with van der Waals surface area (Å²) in [6.07, 6.45) is 9.01. The fourth-order valence-electron chi connectivity index (χ4n) is 17.6. The van der Waals surface area contributed by atoms with Crippen molar-refractivity contribution in [3.05, 3.63) is 86.5 Å². The monoisotopic (exact) mass is 1480 g/mol. The second-order valence-electron chi connectivity index (χ2n) is 25.8. The van der Waals surface area contributed by atoms with Gasteiger partial charge in [-0.1, -0.05) is 36.4 Å². The van der Waals surface area contributed by atoms with Gasteiger partial charge in [-0.3, -0.25) is 47.9 Å². The Kier molecular flexibility index (Phi) is 24.1. The number of hydrogen-bond donors (Lipinski definition) is 4. The van der Waals surface area contributed by atoms with Gasteiger partial charge < -0.3 is 58.8 Å². The van der Waals surface area contributed by atoms with Gasteiger partial charge >= 0.3 is 18.0 Å². The Hall–Kier alpha value is -6.89. The third kappa shape index (κ3) is 14.0. The minimum Gasteiger partial charge on any atom is -0.481 e. The van der Waals surface area contributed by atoms with Crippen LogP contribution >= 0.6 is 0 Å². The maximum Gasteiger partial charge on any atom is 0.409 e. The van der Waals surface area contributed by atoms with E-state index in [9.17, 15) is 33.6 Å². The molecule has 12 atom stereocenters. The Balaban J connectivity index is 0.000000188. The van der Waals surface area contributed by atoms with Gasteiger partial charge in [0, 0.05) is 173 Å². The largest absolute Gasteiger partial charge is 0.481 e. The molecule has 3 saturated carbocycles. The number of ether oxygens (including phenoxy) is 5. The van der Waals surface area contributed by atoms with E-state index in [4.69, 9.17) is 58.6 Å². The normalized spacial score (nSPS) is 28.8. The number of piperidine rings is 3. The smallest absolute Gasteiger partial charge is 0.409 e. The number of benzene rings is 3. The summed E-state index contributed by atoms with van der Waals surface area (Å²) in [5.41, 5.74) is 11.0. The molecule has 25 heteroatoms. The molecular weight excluding hydrogens is 1390 g/mol. The van der Waals surface area contributed by atoms with Crippen LogP contribution in [0.5, 0.6) is 17.2 Å². The van der Waals surface area contributed by atoms with Crippen molar-refractivity contribution in [2.75, 3.05) is 33.8 Å². The van der Waals surface area contributed by atoms with Crippen LogP contribution in [0, 0.1) is 38.5 Å². The standard InChI is InChI=1S/C19H21NO4.C19H21NO3.C18H21NO2.C4H6O3.4C2H4O2.2Pd/c1-10-3-4-11-9-13-12-5-6-14(21)17-19(12,15(11)16(10)24-17)7-8-20(13)18(22)23-2;1-10-3-4-12-9-14-13-5-6-15(22)18-19(13,16(12)17(10)23-18)7-8-20(14)11(2)21;1-10-3-4-11-9-13-12-5-6-14(20)17-18(12,7-8-19(13)2)15(11)16(10)21-17;1-3(5)7-4(2)6;4*1-2(3)4;;/h3-4,12-13,17H,5-9H2,1-2H3;3-4,13-14,18H,5-9H2,1-2H3;3-4,12-13,17H,5-9H2,1-2H3;1-2H3;4*1H3,(H,3,4);;/t12?,13-,17+,19+;13?,14-,18+,19+;12?,13-,17+,18+;;;;;;;/m111......./s1. The van der Waals surface area contributed by atoms with Crippen LogP contribution in [0.25, 0.3) is 0 Å². The summed E-state index contributed by atoms with van der Waals surface area (Å²) in [5.74, 6) is 0.674. The molecule has 2 amide bonds. The summed E-state index contributed by atoms with van der Waals surface area (Å²) in [7, 11) is 3.69. The number of carboxylic acids is 4. The molecule has 6 fully saturated rings. The number of nitrogens with zero attached hydrogens (tertiary/aromatic N) is 3. The predicted octanol–water partition coefficient (Wildman–Crippen LogP) is 7.21. The van der Waals surface area contributed by atoms with Gasteiger partial charge in [0.1, 0.15) is 17.2 Å². The van der Waals surface area contributed by atoms with Crippen molar-refractivity contribution in [1.82, 2.24) is 14.7 Å². The summed E-state index contributed by atoms with van der Waals surface area (Å²) in [6, 6.07) is 13.9. The van der Waals surface area contributed by atoms with Crippen molar-refractivity contribution in [2.45, 2.75) is 199 Å². The molecular formula is C68H85N3O20Pd2. The van der Waals surface area contributed by atoms with Gasteiger partial charge in [-0.2, -0.15) is 0 Å². The number of aliphatic carboxylic acids is 4. The molecule has 3 unspecified atom stereocenters. The molecule has 6 bridgehead atoms. The van der Waals surface area contributed by atoms with E-state index in [1.54, 1.807) is 6.92 Å². The molecule has 93 heavy (non-hydrogen) atoms. The quantitative estimate of drug-likeness (QED) is 0.0981. The maximum atomic E-state index is 12.7. The Morgan fingerprint density at radius 2 is 0.763 bits per heavy atom. The maximum absolute atomic E-state index is 12.7. The number of amides is 2. The summed E-state index contributed by atoms with van der Waals surface area (Å²) >= 11 is 0. The Morgan fingerprint density at radius 3 is 1.06 bits per heavy atom. The molecule has 3 spiro atoms. The number of carbonyl (C=O) groups is 11. The van der Waals surface area contributed by atoms with Gasteiger partial charge in [0.25, 0.3) is 23.9 Å². The number of likely N-dealkylation sites (N-methyl/N-ethyl adjacent to an activating group) is 1. The average Bonchev–Trinajstić information content (AvgIpc) is 1.61. The van der Waals surface area contributed by atoms with Crippen LogP contribution in [0.2, 0.25) is 0 Å². The van der Waals surface area contributed by atoms with Crippen LogP contribution < -0.4 is 14.2 Å². The molecule has 3 aromatic rings. The number of methoxy groups -OCH3 is 1. The number of esters is 2. The van der Waals surface area contributed by atoms with Crippen LogP contribution in [-0.4, -0.2) is 171 Å². The van der Waals surface area contributed by atoms with E-state index >= 15 is 0 Å². The minimum absolute atomic E-state index is 0. The van der Waals surface area contributed by atoms with E-state index in [1.807, 2.05) is 9.80 Å². The summed E-state index contributed by atoms with van der Waals surface area (Å²) in [5, 5.41) is 29.7. The zero-order valence-corrected chi connectivity index (χ0v) is 57.7. The van der Waals surface area contributed by atoms with Gasteiger partial charge in [0.2, 0.25) is 5.91 Å². The Morgan fingerprint density at radius 1 is 0.473 bits per heavy atom. The number of ketones is 3. The van der Waals surface area contributed by atoms with Crippen molar-refractivity contribution in [1.29, 1.82) is 0 Å². The van der Waals surface area contributed by atoms with Crippen molar-refractivity contribution < 1.29 is 138 Å². The first-order chi connectivity index (χ1) is 42.8. The summed E-state index contributed by atoms with van der Waals surface area (Å²) in [4.78, 5) is 124. The zero-order valence-electron chi connectivity index (χ0n) is 54.6. The molecule has 15 rings (SSSR count). The van der Waals surface area contributed by atoms with Gasteiger partial charge in [-0.25, -0.2) is 4.79 Å². The van der Waals surface area contributed by atoms with Gasteiger partial charge in [-0.05, 0) is 143 Å². The molecule has 512 valence electrons. The van der Waals surface area contributed by atoms with Crippen LogP contribution in [0.3, 0.4) is 0 Å². The third-order valence-electron chi connectivity index (χ3n) is 20.4. The summed E-state index contributed by atoms with van der Waals surface area (Å²) in [6.45, 7) is 17.1. The molecule has 6 aliphatic heterocycles. The molecule has 6 heterocycles. The number of likely N-dealkylation sites (tertiary alicyclic amines) is 3. The average molecular weight is 1480 g/mol. The first-order valence-corrected chi connectivity index (χ1v) is 31.1. The van der Waals surface area contributed by atoms with Gasteiger partial charge in [0.05, 0.1) is 7.11 Å². The van der Waals surface area contributed by atoms with Crippen LogP contribution in [0.4, 0.5) is 4.79 Å². The second kappa shape index (κ2) is 29.8. The zero-order chi connectivity index (χ0) is 67.1. The third-order valence-corrected chi connectivity index (χ3v) is 20.4. The van der Waals surface area contributed by atoms with Crippen LogP contribution in [-0.2, 0) is 134 Å². The summed E-state index contributed by atoms with van der Waals surface area (Å²) < 4.78 is 27.8. The van der Waals surface area contributed by atoms with Crippen molar-refractivity contribution in [2.24, 2.45) is 17.8 Å². The number of carboxylic acid groups (broad SMARTS) is 4. The molecule has 3 aromatic carbocycles. The predicted molar refractivity (Wildman–Crippen MR) is 326 cm³/mol. The first kappa shape index (κ1) is 75.1. The van der Waals surface area contributed by atoms with Crippen molar-refractivity contribution in [3.63, 3.8) is 0 Å². The first-order valence-electron chi connectivity index (χ1n) is 31.1. The fraction of sp³-hybridized carbons (Fsp3) is 0.574. The number of hydrogen-bond acceptors (Lipinski definition) is 17. The molecule has 12 aliphatic rings. The fourth-order valence-corrected chi connectivity index (χ4v) is 17.6. The van der Waals surface area contributed by atoms with Crippen LogP contribution in [0.1, 0.15) is 156 Å². The number of Topliss-reactive ketones (excluding diaryl/α,β-unsaturated/α-hetero) is 3. The van der Waals surface area contributed by atoms with E-state index in [-0.39, 0.29) is 117 Å². The minimum atomic E-state index is -0.833. The second-order valence-corrected chi connectivity index (χ2v) is 25.8. The topological polar surface area (TPSA) is 325 Å². The van der Waals surface area contributed by atoms with E-state index < -0.39 is 35.8 Å². The molecule has 0 aromatic heterocycles. The van der Waals surface area contributed by atoms with E-state index in [0.717, 1.165) is 127 Å². The number of rotatable bonds is 0.